The van der Waals surface area contributed by atoms with Crippen LogP contribution in [0.2, 0.25) is 0 Å². The number of aliphatic hydroxyl groups excluding tert-OH is 1. The van der Waals surface area contributed by atoms with Crippen molar-refractivity contribution in [2.24, 2.45) is 0 Å². The molecule has 3 aromatic rings. The van der Waals surface area contributed by atoms with E-state index in [1.165, 1.54) is 6.21 Å². The molecule has 0 aliphatic heterocycles. The van der Waals surface area contributed by atoms with Crippen molar-refractivity contribution in [2.75, 3.05) is 43.9 Å². The maximum absolute atomic E-state index is 12.2. The number of anilines is 2. The fraction of sp³-hybridized carbons (Fsp3) is 0.379. The Kier molecular flexibility index (Phi) is 11.7. The van der Waals surface area contributed by atoms with E-state index in [0.717, 1.165) is 29.8 Å². The lowest BCUT2D eigenvalue weighted by atomic mass is 10.1. The van der Waals surface area contributed by atoms with Gasteiger partial charge in [0.05, 0.1) is 16.8 Å². The average molecular weight is 534 g/mol. The van der Waals surface area contributed by atoms with E-state index >= 15 is 0 Å². The second kappa shape index (κ2) is 15.4. The van der Waals surface area contributed by atoms with Gasteiger partial charge in [0.1, 0.15) is 24.3 Å². The third-order valence-electron chi connectivity index (χ3n) is 5.77. The largest absolute Gasteiger partial charge is 0.491 e. The van der Waals surface area contributed by atoms with Gasteiger partial charge in [0.25, 0.3) is 5.91 Å². The standard InChI is InChI=1S/C29H39N7O3/c1-20(2)35-28-25(16-30)27(33-12-4-5-13-34-29(38)22-9-7-11-32-17-22)15-26(36-28)21-8-6-10-24(14-21)39-19-23(37)18-31-3/h6-11,14-17,20,23,30-31,37H,4-5,12-13,18-19H2,1-3H3,(H,34,38)(H2,33,35,36). The summed E-state index contributed by atoms with van der Waals surface area (Å²) in [5.41, 5.74) is 3.62. The van der Waals surface area contributed by atoms with E-state index in [1.807, 2.05) is 44.2 Å². The normalized spacial score (nSPS) is 11.6. The predicted octanol–water partition coefficient (Wildman–Crippen LogP) is 3.54. The number of rotatable bonds is 16. The van der Waals surface area contributed by atoms with Crippen molar-refractivity contribution in [1.82, 2.24) is 20.6 Å². The molecule has 6 N–H and O–H groups in total. The zero-order chi connectivity index (χ0) is 28.0. The number of hydrogen-bond donors (Lipinski definition) is 6. The van der Waals surface area contributed by atoms with E-state index in [-0.39, 0.29) is 18.6 Å². The summed E-state index contributed by atoms with van der Waals surface area (Å²) in [6, 6.07) is 13.1. The van der Waals surface area contributed by atoms with Gasteiger partial charge in [0, 0.05) is 55.5 Å². The molecule has 1 amide bonds. The number of nitrogens with one attached hydrogen (secondary N) is 5. The summed E-state index contributed by atoms with van der Waals surface area (Å²) in [6.07, 6.45) is 5.51. The van der Waals surface area contributed by atoms with Gasteiger partial charge in [-0.05, 0) is 64.1 Å². The van der Waals surface area contributed by atoms with Crippen LogP contribution in [0.1, 0.15) is 42.6 Å². The number of likely N-dealkylation sites (N-methyl/N-ethyl adjacent to an activating group) is 1. The quantitative estimate of drug-likeness (QED) is 0.121. The topological polar surface area (TPSA) is 144 Å². The van der Waals surface area contributed by atoms with Crippen LogP contribution in [0.15, 0.2) is 54.9 Å². The van der Waals surface area contributed by atoms with Crippen LogP contribution < -0.4 is 26.0 Å². The number of ether oxygens (including phenoxy) is 1. The van der Waals surface area contributed by atoms with Gasteiger partial charge in [-0.25, -0.2) is 4.98 Å². The molecule has 0 fully saturated rings. The zero-order valence-corrected chi connectivity index (χ0v) is 22.8. The number of aliphatic hydroxyl groups is 1. The summed E-state index contributed by atoms with van der Waals surface area (Å²) >= 11 is 0. The molecule has 0 spiro atoms. The molecule has 10 nitrogen and oxygen atoms in total. The van der Waals surface area contributed by atoms with Crippen molar-refractivity contribution < 1.29 is 14.6 Å². The summed E-state index contributed by atoms with van der Waals surface area (Å²) < 4.78 is 5.78. The Morgan fingerprint density at radius 3 is 2.69 bits per heavy atom. The molecule has 3 rings (SSSR count). The lowest BCUT2D eigenvalue weighted by Gasteiger charge is -2.18. The van der Waals surface area contributed by atoms with Gasteiger partial charge in [-0.1, -0.05) is 12.1 Å². The van der Waals surface area contributed by atoms with Gasteiger partial charge in [-0.15, -0.1) is 0 Å². The molecular weight excluding hydrogens is 494 g/mol. The second-order valence-electron chi connectivity index (χ2n) is 9.44. The smallest absolute Gasteiger partial charge is 0.252 e. The third kappa shape index (κ3) is 9.35. The van der Waals surface area contributed by atoms with Gasteiger partial charge in [0.2, 0.25) is 0 Å². The molecule has 10 heteroatoms. The minimum atomic E-state index is -0.607. The highest BCUT2D eigenvalue weighted by Crippen LogP contribution is 2.30. The molecule has 2 heterocycles. The second-order valence-corrected chi connectivity index (χ2v) is 9.44. The molecule has 1 aromatic carbocycles. The van der Waals surface area contributed by atoms with Gasteiger partial charge in [0.15, 0.2) is 0 Å². The molecule has 2 aromatic heterocycles. The first-order chi connectivity index (χ1) is 18.9. The number of aromatic nitrogens is 2. The molecule has 1 atom stereocenters. The number of pyridine rings is 2. The minimum absolute atomic E-state index is 0.131. The van der Waals surface area contributed by atoms with E-state index in [2.05, 4.69) is 26.3 Å². The van der Waals surface area contributed by atoms with Gasteiger partial charge in [-0.2, -0.15) is 0 Å². The van der Waals surface area contributed by atoms with Crippen LogP contribution in [0, 0.1) is 5.41 Å². The Labute approximate surface area is 230 Å². The van der Waals surface area contributed by atoms with E-state index < -0.39 is 6.10 Å². The van der Waals surface area contributed by atoms with Gasteiger partial charge >= 0.3 is 0 Å². The van der Waals surface area contributed by atoms with Crippen LogP contribution >= 0.6 is 0 Å². The van der Waals surface area contributed by atoms with E-state index in [0.29, 0.717) is 42.3 Å². The number of amides is 1. The summed E-state index contributed by atoms with van der Waals surface area (Å²) in [5, 5.41) is 30.7. The lowest BCUT2D eigenvalue weighted by molar-refractivity contribution is 0.0952. The minimum Gasteiger partial charge on any atom is -0.491 e. The highest BCUT2D eigenvalue weighted by molar-refractivity contribution is 5.94. The summed E-state index contributed by atoms with van der Waals surface area (Å²) in [7, 11) is 1.78. The highest BCUT2D eigenvalue weighted by Gasteiger charge is 2.14. The van der Waals surface area contributed by atoms with Crippen molar-refractivity contribution in [1.29, 1.82) is 5.41 Å². The molecule has 0 saturated heterocycles. The molecule has 0 bridgehead atoms. The van der Waals surface area contributed by atoms with E-state index in [9.17, 15) is 9.90 Å². The molecule has 1 unspecified atom stereocenters. The molecule has 0 aliphatic rings. The van der Waals surface area contributed by atoms with Crippen molar-refractivity contribution in [2.45, 2.75) is 38.8 Å². The van der Waals surface area contributed by atoms with Crippen LogP contribution in [0.4, 0.5) is 11.5 Å². The molecule has 0 saturated carbocycles. The van der Waals surface area contributed by atoms with Crippen LogP contribution in [0.3, 0.4) is 0 Å². The Morgan fingerprint density at radius 2 is 1.97 bits per heavy atom. The Morgan fingerprint density at radius 1 is 1.15 bits per heavy atom. The highest BCUT2D eigenvalue weighted by atomic mass is 16.5. The summed E-state index contributed by atoms with van der Waals surface area (Å²) in [5.74, 6) is 1.13. The van der Waals surface area contributed by atoms with Crippen LogP contribution in [-0.4, -0.2) is 72.6 Å². The maximum Gasteiger partial charge on any atom is 0.252 e. The summed E-state index contributed by atoms with van der Waals surface area (Å²) in [6.45, 7) is 5.91. The Hall–Kier alpha value is -4.02. The van der Waals surface area contributed by atoms with Gasteiger partial charge in [-0.3, -0.25) is 9.78 Å². The van der Waals surface area contributed by atoms with Crippen LogP contribution in [0.5, 0.6) is 5.75 Å². The third-order valence-corrected chi connectivity index (χ3v) is 5.77. The van der Waals surface area contributed by atoms with Crippen molar-refractivity contribution in [3.05, 3.63) is 66.0 Å². The fourth-order valence-electron chi connectivity index (χ4n) is 3.88. The first kappa shape index (κ1) is 29.5. The van der Waals surface area contributed by atoms with Crippen LogP contribution in [0.25, 0.3) is 11.3 Å². The average Bonchev–Trinajstić information content (AvgIpc) is 2.94. The van der Waals surface area contributed by atoms with Crippen molar-refractivity contribution in [3.63, 3.8) is 0 Å². The zero-order valence-electron chi connectivity index (χ0n) is 22.8. The molecule has 39 heavy (non-hydrogen) atoms. The summed E-state index contributed by atoms with van der Waals surface area (Å²) in [4.78, 5) is 21.0. The molecule has 208 valence electrons. The predicted molar refractivity (Wildman–Crippen MR) is 156 cm³/mol. The SMILES string of the molecule is CNCC(O)COc1cccc(-c2cc(NCCCCNC(=O)c3cccnc3)c(C=N)c(NC(C)C)n2)c1. The maximum atomic E-state index is 12.2. The fourth-order valence-corrected chi connectivity index (χ4v) is 3.88. The van der Waals surface area contributed by atoms with Crippen molar-refractivity contribution in [3.8, 4) is 17.0 Å². The van der Waals surface area contributed by atoms with E-state index in [4.69, 9.17) is 15.1 Å². The number of carbonyl (C=O) groups is 1. The first-order valence-corrected chi connectivity index (χ1v) is 13.2. The number of benzene rings is 1. The number of carbonyl (C=O) groups excluding carboxylic acids is 1. The Balaban J connectivity index is 1.68. The van der Waals surface area contributed by atoms with E-state index in [1.54, 1.807) is 31.6 Å². The Bertz CT molecular complexity index is 1200. The monoisotopic (exact) mass is 533 g/mol. The van der Waals surface area contributed by atoms with Crippen LogP contribution in [-0.2, 0) is 0 Å². The molecule has 0 radical (unpaired) electrons. The number of hydrogen-bond acceptors (Lipinski definition) is 9. The lowest BCUT2D eigenvalue weighted by Crippen LogP contribution is -2.29. The number of unbranched alkanes of at least 4 members (excludes halogenated alkanes) is 1. The van der Waals surface area contributed by atoms with Gasteiger partial charge < -0.3 is 36.5 Å². The number of nitrogens with zero attached hydrogens (tertiary/aromatic N) is 2. The molecule has 0 aliphatic carbocycles. The molecular formula is C29H39N7O3. The van der Waals surface area contributed by atoms with Crippen molar-refractivity contribution >= 4 is 23.6 Å². The first-order valence-electron chi connectivity index (χ1n) is 13.2.